The second-order valence-corrected chi connectivity index (χ2v) is 15.8. The Morgan fingerprint density at radius 2 is 0.550 bits per heavy atom. The minimum absolute atomic E-state index is 0.909. The summed E-state index contributed by atoms with van der Waals surface area (Å²) in [7, 11) is 0. The van der Waals surface area contributed by atoms with E-state index in [2.05, 4.69) is 212 Å². The van der Waals surface area contributed by atoms with Crippen LogP contribution in [0.4, 0.5) is 0 Å². The number of aromatic nitrogens is 8. The first-order chi connectivity index (χ1) is 29.6. The summed E-state index contributed by atoms with van der Waals surface area (Å²) in [5.41, 5.74) is 13.3. The third kappa shape index (κ3) is 7.27. The van der Waals surface area contributed by atoms with Crippen LogP contribution in [0.15, 0.2) is 146 Å². The zero-order valence-electron chi connectivity index (χ0n) is 35.3. The van der Waals surface area contributed by atoms with E-state index < -0.39 is 0 Å². The van der Waals surface area contributed by atoms with Gasteiger partial charge in [0.05, 0.1) is 66.5 Å². The fourth-order valence-corrected chi connectivity index (χ4v) is 8.99. The lowest BCUT2D eigenvalue weighted by molar-refractivity contribution is -0.699. The van der Waals surface area contributed by atoms with Gasteiger partial charge in [-0.3, -0.25) is 0 Å². The van der Waals surface area contributed by atoms with Crippen molar-refractivity contribution < 1.29 is 18.3 Å². The molecule has 1 aliphatic heterocycles. The van der Waals surface area contributed by atoms with Gasteiger partial charge in [-0.25, -0.2) is 0 Å². The molecule has 0 spiro atoms. The van der Waals surface area contributed by atoms with Crippen molar-refractivity contribution in [2.24, 2.45) is 0 Å². The lowest BCUT2D eigenvalue weighted by Gasteiger charge is -2.09. The summed E-state index contributed by atoms with van der Waals surface area (Å²) in [5.74, 6) is 0. The lowest BCUT2D eigenvalue weighted by atomic mass is 10.1. The normalized spacial score (nSPS) is 12.7. The molecule has 4 N–H and O–H groups in total. The zero-order chi connectivity index (χ0) is 41.0. The molecular weight excluding hydrogens is 737 g/mol. The third-order valence-electron chi connectivity index (χ3n) is 11.5. The molecule has 8 aromatic heterocycles. The molecule has 0 aliphatic carbocycles. The summed E-state index contributed by atoms with van der Waals surface area (Å²) in [6.45, 7) is 12.6. The monoisotopic (exact) mass is 792 g/mol. The number of hydrogen-bond donors (Lipinski definition) is 4. The van der Waals surface area contributed by atoms with E-state index in [0.29, 0.717) is 0 Å². The van der Waals surface area contributed by atoms with Crippen LogP contribution in [0.2, 0.25) is 0 Å². The molecular formula is C52H56N8+4. The van der Waals surface area contributed by atoms with Crippen molar-refractivity contribution in [3.63, 3.8) is 0 Å². The van der Waals surface area contributed by atoms with Crippen molar-refractivity contribution >= 4 is 22.3 Å². The summed E-state index contributed by atoms with van der Waals surface area (Å²) >= 11 is 0. The SMILES string of the molecule is CCC[n+]1ccccc1C1=c2ccc([nH]2)=C(c2cccc[n+]2CCC)c2ccc([nH]2)C(c2cccc[n+]2CCC)=c2ccc([nH]2)=C(c2cccc[n+]2CCC)c2ccc1[nH]2. The van der Waals surface area contributed by atoms with Crippen molar-refractivity contribution in [3.8, 4) is 0 Å². The van der Waals surface area contributed by atoms with Gasteiger partial charge in [0.2, 0.25) is 22.8 Å². The molecule has 8 aromatic rings. The number of hydrogen-bond acceptors (Lipinski definition) is 0. The van der Waals surface area contributed by atoms with Gasteiger partial charge in [0.25, 0.3) is 0 Å². The van der Waals surface area contributed by atoms with Crippen LogP contribution >= 0.6 is 0 Å². The van der Waals surface area contributed by atoms with E-state index in [4.69, 9.17) is 0 Å². The first kappa shape index (κ1) is 38.7. The van der Waals surface area contributed by atoms with Crippen LogP contribution in [0.1, 0.15) is 98.9 Å². The van der Waals surface area contributed by atoms with E-state index in [-0.39, 0.29) is 0 Å². The number of pyridine rings is 4. The highest BCUT2D eigenvalue weighted by atomic mass is 15.0. The molecule has 0 aromatic carbocycles. The average Bonchev–Trinajstić information content (AvgIpc) is 4.12. The van der Waals surface area contributed by atoms with Crippen molar-refractivity contribution in [2.75, 3.05) is 0 Å². The Hall–Kier alpha value is -6.80. The topological polar surface area (TPSA) is 78.7 Å². The second-order valence-electron chi connectivity index (χ2n) is 15.8. The Morgan fingerprint density at radius 1 is 0.300 bits per heavy atom. The van der Waals surface area contributed by atoms with Crippen LogP contribution in [0.5, 0.6) is 0 Å². The van der Waals surface area contributed by atoms with E-state index in [0.717, 1.165) is 141 Å². The Kier molecular flexibility index (Phi) is 11.1. The van der Waals surface area contributed by atoms with Crippen LogP contribution in [0.3, 0.4) is 0 Å². The van der Waals surface area contributed by atoms with Crippen LogP contribution in [0.25, 0.3) is 22.3 Å². The van der Waals surface area contributed by atoms with Gasteiger partial charge in [-0.2, -0.15) is 18.3 Å². The second kappa shape index (κ2) is 17.2. The molecule has 0 saturated carbocycles. The number of aryl methyl sites for hydroxylation is 4. The number of nitrogens with zero attached hydrogens (tertiary/aromatic N) is 4. The highest BCUT2D eigenvalue weighted by Gasteiger charge is 2.27. The summed E-state index contributed by atoms with van der Waals surface area (Å²) in [5, 5.41) is 4.19. The van der Waals surface area contributed by atoms with Gasteiger partial charge in [-0.15, -0.1) is 0 Å². The number of H-pyrrole nitrogens is 4. The van der Waals surface area contributed by atoms with E-state index in [1.54, 1.807) is 0 Å². The van der Waals surface area contributed by atoms with Gasteiger partial charge >= 0.3 is 0 Å². The largest absolute Gasteiger partial charge is 0.354 e. The van der Waals surface area contributed by atoms with Crippen LogP contribution in [-0.2, 0) is 26.2 Å². The van der Waals surface area contributed by atoms with E-state index in [1.807, 2.05) is 0 Å². The zero-order valence-corrected chi connectivity index (χ0v) is 35.3. The van der Waals surface area contributed by atoms with Crippen molar-refractivity contribution in [1.82, 2.24) is 19.9 Å². The highest BCUT2D eigenvalue weighted by molar-refractivity contribution is 5.81. The molecule has 0 atom stereocenters. The fourth-order valence-electron chi connectivity index (χ4n) is 8.99. The van der Waals surface area contributed by atoms with Gasteiger partial charge < -0.3 is 19.9 Å². The van der Waals surface area contributed by atoms with Crippen molar-refractivity contribution in [3.05, 3.63) is 213 Å². The maximum atomic E-state index is 4.00. The van der Waals surface area contributed by atoms with Crippen molar-refractivity contribution in [2.45, 2.75) is 79.6 Å². The van der Waals surface area contributed by atoms with Crippen LogP contribution < -0.4 is 39.7 Å². The molecule has 0 radical (unpaired) electrons. The highest BCUT2D eigenvalue weighted by Crippen LogP contribution is 2.26. The number of rotatable bonds is 12. The molecule has 9 rings (SSSR count). The first-order valence-electron chi connectivity index (χ1n) is 21.8. The molecule has 300 valence electrons. The predicted molar refractivity (Wildman–Crippen MR) is 236 cm³/mol. The van der Waals surface area contributed by atoms with E-state index >= 15 is 0 Å². The van der Waals surface area contributed by atoms with Gasteiger partial charge in [0.15, 0.2) is 24.8 Å². The molecule has 8 nitrogen and oxygen atoms in total. The summed E-state index contributed by atoms with van der Waals surface area (Å²) in [6.07, 6.45) is 12.9. The summed E-state index contributed by atoms with van der Waals surface area (Å²) in [6, 6.07) is 44.2. The minimum Gasteiger partial charge on any atom is -0.354 e. The summed E-state index contributed by atoms with van der Waals surface area (Å²) < 4.78 is 9.51. The van der Waals surface area contributed by atoms with E-state index in [1.165, 1.54) is 0 Å². The van der Waals surface area contributed by atoms with Crippen LogP contribution in [0, 0.1) is 0 Å². The molecule has 60 heavy (non-hydrogen) atoms. The predicted octanol–water partition coefficient (Wildman–Crippen LogP) is 5.09. The average molecular weight is 793 g/mol. The molecule has 8 heteroatoms. The van der Waals surface area contributed by atoms with Gasteiger partial charge in [0, 0.05) is 74.2 Å². The van der Waals surface area contributed by atoms with Gasteiger partial charge in [-0.05, 0) is 72.8 Å². The molecule has 0 fully saturated rings. The molecule has 1 aliphatic rings. The summed E-state index contributed by atoms with van der Waals surface area (Å²) in [4.78, 5) is 16.0. The number of nitrogens with one attached hydrogen (secondary N) is 4. The molecule has 0 saturated heterocycles. The number of fused-ring (bicyclic) bond motifs is 8. The fraction of sp³-hybridized carbons (Fsp3) is 0.231. The third-order valence-corrected chi connectivity index (χ3v) is 11.5. The molecule has 0 unspecified atom stereocenters. The Balaban J connectivity index is 1.46. The lowest BCUT2D eigenvalue weighted by Crippen LogP contribution is -2.40. The number of aromatic amines is 4. The molecule has 8 bridgehead atoms. The van der Waals surface area contributed by atoms with Gasteiger partial charge in [-0.1, -0.05) is 27.7 Å². The smallest absolute Gasteiger partial charge is 0.216 e. The molecule has 0 amide bonds. The van der Waals surface area contributed by atoms with Crippen LogP contribution in [-0.4, -0.2) is 19.9 Å². The Morgan fingerprint density at radius 3 is 0.783 bits per heavy atom. The standard InChI is InChI=1S/C52H54N8/c1-5-29-57-33-13-9-17-45(57)49-37-21-23-39(53-37)50(46-18-10-14-34-58(46)30-6-2)41-25-27-43(55-41)52(48-20-12-16-36-60(48)32-8-4)44-28-26-42(56-44)51(40-24-22-38(49)54-40)47-19-11-15-35-59(47)31-7-3/h9-28,33-36H,5-8,29-32H2,1-4H3,(H2,53,54,55,56)/q+2/p+2. The molecule has 9 heterocycles. The maximum absolute atomic E-state index is 4.00. The van der Waals surface area contributed by atoms with E-state index in [9.17, 15) is 0 Å². The quantitative estimate of drug-likeness (QED) is 0.125. The minimum atomic E-state index is 0.909. The van der Waals surface area contributed by atoms with Gasteiger partial charge in [0.1, 0.15) is 26.2 Å². The Labute approximate surface area is 351 Å². The Bertz CT molecular complexity index is 2660. The maximum Gasteiger partial charge on any atom is 0.216 e. The first-order valence-corrected chi connectivity index (χ1v) is 21.8. The van der Waals surface area contributed by atoms with Crippen molar-refractivity contribution in [1.29, 1.82) is 0 Å².